The van der Waals surface area contributed by atoms with E-state index in [2.05, 4.69) is 17.2 Å². The quantitative estimate of drug-likeness (QED) is 0.482. The average Bonchev–Trinajstić information content (AvgIpc) is 2.25. The molecule has 4 nitrogen and oxygen atoms in total. The lowest BCUT2D eigenvalue weighted by molar-refractivity contribution is 0.0132. The topological polar surface area (TPSA) is 70.6 Å². The molecule has 1 aliphatic carbocycles. The van der Waals surface area contributed by atoms with Crippen LogP contribution in [-0.2, 0) is 0 Å². The van der Waals surface area contributed by atoms with E-state index in [1.54, 1.807) is 0 Å². The number of nitrogens with two attached hydrogens (primary N) is 1. The van der Waals surface area contributed by atoms with E-state index in [1.165, 1.54) is 6.42 Å². The molecule has 0 aliphatic heterocycles. The molecule has 0 aromatic carbocycles. The highest BCUT2D eigenvalue weighted by molar-refractivity contribution is 5.77. The van der Waals surface area contributed by atoms with Gasteiger partial charge in [-0.15, -0.1) is 0 Å². The summed E-state index contributed by atoms with van der Waals surface area (Å²) in [6, 6.07) is 0. The Kier molecular flexibility index (Phi) is 4.88. The fourth-order valence-corrected chi connectivity index (χ4v) is 1.91. The summed E-state index contributed by atoms with van der Waals surface area (Å²) in [6.07, 6.45) is 6.19. The van der Waals surface area contributed by atoms with Crippen molar-refractivity contribution in [1.82, 2.24) is 5.32 Å². The summed E-state index contributed by atoms with van der Waals surface area (Å²) in [4.78, 5) is 4.19. The average molecular weight is 213 g/mol. The Morgan fingerprint density at radius 1 is 1.40 bits per heavy atom. The van der Waals surface area contributed by atoms with Crippen molar-refractivity contribution in [3.8, 4) is 0 Å². The molecule has 15 heavy (non-hydrogen) atoms. The number of guanidine groups is 1. The molecular weight excluding hydrogens is 190 g/mol. The molecule has 1 aliphatic rings. The van der Waals surface area contributed by atoms with Crippen LogP contribution in [0.25, 0.3) is 0 Å². The Hall–Kier alpha value is -0.770. The molecule has 0 radical (unpaired) electrons. The molecule has 0 aromatic heterocycles. The normalized spacial score (nSPS) is 21.3. The summed E-state index contributed by atoms with van der Waals surface area (Å²) in [5, 5.41) is 13.2. The van der Waals surface area contributed by atoms with Gasteiger partial charge in [-0.2, -0.15) is 0 Å². The molecule has 4 heteroatoms. The maximum absolute atomic E-state index is 10.2. The van der Waals surface area contributed by atoms with Gasteiger partial charge >= 0.3 is 0 Å². The second-order valence-electron chi connectivity index (χ2n) is 4.41. The molecule has 0 bridgehead atoms. The lowest BCUT2D eigenvalue weighted by atomic mass is 9.85. The number of nitrogens with zero attached hydrogens (tertiary/aromatic N) is 1. The monoisotopic (exact) mass is 213 g/mol. The zero-order valence-electron chi connectivity index (χ0n) is 9.63. The zero-order chi connectivity index (χ0) is 11.1. The van der Waals surface area contributed by atoms with E-state index in [0.29, 0.717) is 12.5 Å². The van der Waals surface area contributed by atoms with Crippen LogP contribution in [0, 0.1) is 0 Å². The highest BCUT2D eigenvalue weighted by Gasteiger charge is 2.28. The van der Waals surface area contributed by atoms with Gasteiger partial charge in [-0.05, 0) is 19.3 Å². The Balaban J connectivity index is 2.32. The molecular formula is C11H23N3O. The van der Waals surface area contributed by atoms with Gasteiger partial charge in [-0.3, -0.25) is 4.99 Å². The van der Waals surface area contributed by atoms with Crippen molar-refractivity contribution in [2.75, 3.05) is 13.1 Å². The number of aliphatic hydroxyl groups is 1. The van der Waals surface area contributed by atoms with Crippen molar-refractivity contribution < 1.29 is 5.11 Å². The molecule has 0 saturated heterocycles. The van der Waals surface area contributed by atoms with Crippen LogP contribution in [0.4, 0.5) is 0 Å². The van der Waals surface area contributed by atoms with Gasteiger partial charge in [0, 0.05) is 6.54 Å². The van der Waals surface area contributed by atoms with E-state index < -0.39 is 5.60 Å². The van der Waals surface area contributed by atoms with E-state index in [0.717, 1.165) is 38.6 Å². The summed E-state index contributed by atoms with van der Waals surface area (Å²) < 4.78 is 0. The summed E-state index contributed by atoms with van der Waals surface area (Å²) in [7, 11) is 0. The van der Waals surface area contributed by atoms with Gasteiger partial charge in [0.25, 0.3) is 0 Å². The SMILES string of the molecule is CCCNC(N)=NCC1(O)CCCCC1. The first-order valence-corrected chi connectivity index (χ1v) is 5.92. The molecule has 0 atom stereocenters. The van der Waals surface area contributed by atoms with E-state index in [1.807, 2.05) is 0 Å². The van der Waals surface area contributed by atoms with Gasteiger partial charge in [0.05, 0.1) is 12.1 Å². The first kappa shape index (κ1) is 12.3. The number of hydrogen-bond acceptors (Lipinski definition) is 2. The predicted molar refractivity (Wildman–Crippen MR) is 62.8 cm³/mol. The smallest absolute Gasteiger partial charge is 0.188 e. The van der Waals surface area contributed by atoms with E-state index >= 15 is 0 Å². The predicted octanol–water partition coefficient (Wildman–Crippen LogP) is 0.996. The number of rotatable bonds is 4. The Bertz CT molecular complexity index is 210. The summed E-state index contributed by atoms with van der Waals surface area (Å²) in [5.74, 6) is 0.454. The van der Waals surface area contributed by atoms with Crippen molar-refractivity contribution >= 4 is 5.96 Å². The Morgan fingerprint density at radius 3 is 2.67 bits per heavy atom. The van der Waals surface area contributed by atoms with Crippen molar-refractivity contribution in [3.63, 3.8) is 0 Å². The fraction of sp³-hybridized carbons (Fsp3) is 0.909. The number of hydrogen-bond donors (Lipinski definition) is 3. The number of aliphatic imine (C=N–C) groups is 1. The molecule has 0 amide bonds. The fourth-order valence-electron chi connectivity index (χ4n) is 1.91. The maximum Gasteiger partial charge on any atom is 0.188 e. The molecule has 1 saturated carbocycles. The standard InChI is InChI=1S/C11H23N3O/c1-2-8-13-10(12)14-9-11(15)6-4-3-5-7-11/h15H,2-9H2,1H3,(H3,12,13,14). The van der Waals surface area contributed by atoms with Crippen LogP contribution in [-0.4, -0.2) is 29.8 Å². The molecule has 0 heterocycles. The molecule has 0 aromatic rings. The van der Waals surface area contributed by atoms with Crippen molar-refractivity contribution in [3.05, 3.63) is 0 Å². The van der Waals surface area contributed by atoms with E-state index in [9.17, 15) is 5.11 Å². The van der Waals surface area contributed by atoms with Crippen LogP contribution in [0.15, 0.2) is 4.99 Å². The molecule has 1 fully saturated rings. The van der Waals surface area contributed by atoms with Gasteiger partial charge in [-0.25, -0.2) is 0 Å². The van der Waals surface area contributed by atoms with Gasteiger partial charge in [0.2, 0.25) is 0 Å². The van der Waals surface area contributed by atoms with Gasteiger partial charge in [0.15, 0.2) is 5.96 Å². The van der Waals surface area contributed by atoms with Crippen LogP contribution >= 0.6 is 0 Å². The van der Waals surface area contributed by atoms with Gasteiger partial charge < -0.3 is 16.2 Å². The minimum Gasteiger partial charge on any atom is -0.388 e. The molecule has 88 valence electrons. The molecule has 4 N–H and O–H groups in total. The van der Waals surface area contributed by atoms with Gasteiger partial charge in [0.1, 0.15) is 0 Å². The summed E-state index contributed by atoms with van der Waals surface area (Å²) in [6.45, 7) is 3.36. The number of nitrogens with one attached hydrogen (secondary N) is 1. The minimum atomic E-state index is -0.600. The second-order valence-corrected chi connectivity index (χ2v) is 4.41. The molecule has 1 rings (SSSR count). The van der Waals surface area contributed by atoms with E-state index in [-0.39, 0.29) is 0 Å². The van der Waals surface area contributed by atoms with Crippen LogP contribution in [0.3, 0.4) is 0 Å². The van der Waals surface area contributed by atoms with Gasteiger partial charge in [-0.1, -0.05) is 26.2 Å². The van der Waals surface area contributed by atoms with Crippen molar-refractivity contribution in [2.45, 2.75) is 51.0 Å². The third-order valence-corrected chi connectivity index (χ3v) is 2.88. The summed E-state index contributed by atoms with van der Waals surface area (Å²) >= 11 is 0. The third kappa shape index (κ3) is 4.51. The highest BCUT2D eigenvalue weighted by atomic mass is 16.3. The van der Waals surface area contributed by atoms with Crippen LogP contribution < -0.4 is 11.1 Å². The van der Waals surface area contributed by atoms with Crippen molar-refractivity contribution in [1.29, 1.82) is 0 Å². The molecule has 0 spiro atoms. The summed E-state index contributed by atoms with van der Waals surface area (Å²) in [5.41, 5.74) is 5.06. The first-order chi connectivity index (χ1) is 7.16. The third-order valence-electron chi connectivity index (χ3n) is 2.88. The van der Waals surface area contributed by atoms with Crippen LogP contribution in [0.5, 0.6) is 0 Å². The lowest BCUT2D eigenvalue weighted by Crippen LogP contribution is -2.38. The highest BCUT2D eigenvalue weighted by Crippen LogP contribution is 2.27. The Morgan fingerprint density at radius 2 is 2.07 bits per heavy atom. The lowest BCUT2D eigenvalue weighted by Gasteiger charge is -2.30. The minimum absolute atomic E-state index is 0.440. The van der Waals surface area contributed by atoms with Crippen molar-refractivity contribution in [2.24, 2.45) is 10.7 Å². The van der Waals surface area contributed by atoms with Crippen LogP contribution in [0.1, 0.15) is 45.4 Å². The molecule has 0 unspecified atom stereocenters. The first-order valence-electron chi connectivity index (χ1n) is 5.92. The van der Waals surface area contributed by atoms with Crippen LogP contribution in [0.2, 0.25) is 0 Å². The Labute approximate surface area is 92.0 Å². The largest absolute Gasteiger partial charge is 0.388 e. The zero-order valence-corrected chi connectivity index (χ0v) is 9.63. The van der Waals surface area contributed by atoms with E-state index in [4.69, 9.17) is 5.73 Å². The second kappa shape index (κ2) is 5.95. The maximum atomic E-state index is 10.2.